The van der Waals surface area contributed by atoms with Crippen LogP contribution >= 0.6 is 0 Å². The molecule has 0 radical (unpaired) electrons. The average molecular weight is 335 g/mol. The highest BCUT2D eigenvalue weighted by molar-refractivity contribution is 6.03. The van der Waals surface area contributed by atoms with Crippen LogP contribution in [0.15, 0.2) is 26.6 Å². The summed E-state index contributed by atoms with van der Waals surface area (Å²) in [5.74, 6) is -0.416. The number of hydrogen-bond donors (Lipinski definition) is 2. The maximum Gasteiger partial charge on any atom is 0.433 e. The minimum Gasteiger partial charge on any atom is -0.400 e. The Morgan fingerprint density at radius 2 is 2.21 bits per heavy atom. The van der Waals surface area contributed by atoms with Gasteiger partial charge in [-0.05, 0) is 6.07 Å². The van der Waals surface area contributed by atoms with Crippen molar-refractivity contribution in [3.05, 3.63) is 28.0 Å². The summed E-state index contributed by atoms with van der Waals surface area (Å²) in [6.45, 7) is 0. The Bertz CT molecular complexity index is 770. The molecule has 24 heavy (non-hydrogen) atoms. The number of rotatable bonds is 3. The fourth-order valence-corrected chi connectivity index (χ4v) is 2.35. The molecular formula is C12H13N7O5. The topological polar surface area (TPSA) is 146 Å². The van der Waals surface area contributed by atoms with Gasteiger partial charge in [-0.3, -0.25) is 19.8 Å². The highest BCUT2D eigenvalue weighted by Gasteiger charge is 2.46. The number of guanidine groups is 1. The SMILES string of the molecule is CN1C(=O)[C@@H]2NC(N/N=C\c3ccc([N+](=O)[O-])o3)=N[C@H]2N(C)C1=O. The summed E-state index contributed by atoms with van der Waals surface area (Å²) in [5.41, 5.74) is 2.57. The van der Waals surface area contributed by atoms with Crippen LogP contribution in [0.2, 0.25) is 0 Å². The number of nitrogens with zero attached hydrogens (tertiary/aromatic N) is 5. The zero-order valence-corrected chi connectivity index (χ0v) is 12.7. The number of nitro groups is 1. The Morgan fingerprint density at radius 3 is 2.88 bits per heavy atom. The van der Waals surface area contributed by atoms with E-state index in [0.717, 1.165) is 4.90 Å². The lowest BCUT2D eigenvalue weighted by Crippen LogP contribution is -2.63. The van der Waals surface area contributed by atoms with Gasteiger partial charge in [-0.25, -0.2) is 15.2 Å². The number of aliphatic imine (C=N–C) groups is 1. The highest BCUT2D eigenvalue weighted by Crippen LogP contribution is 2.19. The van der Waals surface area contributed by atoms with Gasteiger partial charge in [-0.2, -0.15) is 5.10 Å². The van der Waals surface area contributed by atoms with Crippen molar-refractivity contribution >= 4 is 30.0 Å². The number of hydrazone groups is 1. The first-order valence-corrected chi connectivity index (χ1v) is 6.80. The van der Waals surface area contributed by atoms with Crippen molar-refractivity contribution in [2.45, 2.75) is 12.2 Å². The third kappa shape index (κ3) is 2.53. The predicted octanol–water partition coefficient (Wildman–Crippen LogP) is -0.711. The molecule has 0 spiro atoms. The fourth-order valence-electron chi connectivity index (χ4n) is 2.35. The molecule has 0 bridgehead atoms. The molecule has 3 heterocycles. The van der Waals surface area contributed by atoms with Crippen LogP contribution in [0.3, 0.4) is 0 Å². The summed E-state index contributed by atoms with van der Waals surface area (Å²) in [6.07, 6.45) is 0.561. The molecule has 2 aliphatic rings. The maximum atomic E-state index is 12.1. The lowest BCUT2D eigenvalue weighted by atomic mass is 10.1. The molecule has 3 rings (SSSR count). The first-order valence-electron chi connectivity index (χ1n) is 6.80. The monoisotopic (exact) mass is 335 g/mol. The Hall–Kier alpha value is -3.44. The van der Waals surface area contributed by atoms with Crippen molar-refractivity contribution in [3.63, 3.8) is 0 Å². The van der Waals surface area contributed by atoms with Crippen molar-refractivity contribution < 1.29 is 18.9 Å². The van der Waals surface area contributed by atoms with E-state index in [1.54, 1.807) is 7.05 Å². The molecule has 0 aliphatic carbocycles. The van der Waals surface area contributed by atoms with Gasteiger partial charge in [0, 0.05) is 14.1 Å². The van der Waals surface area contributed by atoms with Gasteiger partial charge in [0.2, 0.25) is 5.96 Å². The summed E-state index contributed by atoms with van der Waals surface area (Å²) < 4.78 is 4.90. The van der Waals surface area contributed by atoms with Gasteiger partial charge in [0.05, 0.1) is 12.3 Å². The van der Waals surface area contributed by atoms with E-state index in [2.05, 4.69) is 20.8 Å². The summed E-state index contributed by atoms with van der Waals surface area (Å²) in [5, 5.41) is 17.2. The quantitative estimate of drug-likeness (QED) is 0.421. The lowest BCUT2D eigenvalue weighted by molar-refractivity contribution is -0.402. The molecule has 2 N–H and O–H groups in total. The van der Waals surface area contributed by atoms with Crippen molar-refractivity contribution in [2.24, 2.45) is 10.1 Å². The number of carbonyl (C=O) groups is 2. The molecule has 1 aromatic heterocycles. The summed E-state index contributed by atoms with van der Waals surface area (Å²) in [7, 11) is 2.94. The van der Waals surface area contributed by atoms with Crippen molar-refractivity contribution in [1.29, 1.82) is 0 Å². The highest BCUT2D eigenvalue weighted by atomic mass is 16.6. The van der Waals surface area contributed by atoms with E-state index in [1.165, 1.54) is 30.3 Å². The Balaban J connectivity index is 1.66. The number of urea groups is 1. The number of nitrogens with one attached hydrogen (secondary N) is 2. The molecule has 1 aromatic rings. The molecule has 12 nitrogen and oxygen atoms in total. The standard InChI is InChI=1S/C12H13N7O5/c1-17-9-8(10(20)18(2)12(17)21)14-11(15-9)16-13-5-6-3-4-7(24-6)19(22)23/h3-5,8-9H,1-2H3,(H2,14,15,16)/b13-5-/t8-,9+/m1/s1. The zero-order valence-electron chi connectivity index (χ0n) is 12.7. The zero-order chi connectivity index (χ0) is 17.4. The Kier molecular flexibility index (Phi) is 3.63. The molecule has 0 saturated carbocycles. The minimum atomic E-state index is -0.694. The van der Waals surface area contributed by atoms with Crippen LogP contribution in [-0.4, -0.2) is 65.1 Å². The third-order valence-electron chi connectivity index (χ3n) is 3.59. The lowest BCUT2D eigenvalue weighted by Gasteiger charge is -2.36. The van der Waals surface area contributed by atoms with Crippen LogP contribution in [0.1, 0.15) is 5.76 Å². The Morgan fingerprint density at radius 1 is 1.46 bits per heavy atom. The van der Waals surface area contributed by atoms with E-state index in [9.17, 15) is 19.7 Å². The Labute approximate surface area is 134 Å². The number of fused-ring (bicyclic) bond motifs is 1. The van der Waals surface area contributed by atoms with Gasteiger partial charge >= 0.3 is 11.9 Å². The number of imide groups is 1. The second kappa shape index (κ2) is 5.64. The van der Waals surface area contributed by atoms with Gasteiger partial charge in [0.1, 0.15) is 11.0 Å². The van der Waals surface area contributed by atoms with Gasteiger partial charge in [0.25, 0.3) is 5.91 Å². The van der Waals surface area contributed by atoms with Crippen molar-refractivity contribution in [2.75, 3.05) is 14.1 Å². The second-order valence-corrected chi connectivity index (χ2v) is 5.11. The molecule has 1 fully saturated rings. The molecule has 1 saturated heterocycles. The molecule has 2 atom stereocenters. The molecule has 2 aliphatic heterocycles. The summed E-state index contributed by atoms with van der Waals surface area (Å²) in [4.78, 5) is 40.3. The van der Waals surface area contributed by atoms with Crippen LogP contribution < -0.4 is 10.7 Å². The van der Waals surface area contributed by atoms with E-state index in [0.29, 0.717) is 0 Å². The summed E-state index contributed by atoms with van der Waals surface area (Å²) >= 11 is 0. The van der Waals surface area contributed by atoms with Crippen molar-refractivity contribution in [3.8, 4) is 0 Å². The smallest absolute Gasteiger partial charge is 0.400 e. The molecule has 3 amide bonds. The largest absolute Gasteiger partial charge is 0.433 e. The van der Waals surface area contributed by atoms with Gasteiger partial charge in [0.15, 0.2) is 11.9 Å². The van der Waals surface area contributed by atoms with Gasteiger partial charge in [-0.1, -0.05) is 0 Å². The van der Waals surface area contributed by atoms with Crippen LogP contribution in [0, 0.1) is 10.1 Å². The molecule has 12 heteroatoms. The number of likely N-dealkylation sites (N-methyl/N-ethyl adjacent to an activating group) is 2. The van der Waals surface area contributed by atoms with Crippen LogP contribution in [0.4, 0.5) is 10.7 Å². The average Bonchev–Trinajstić information content (AvgIpc) is 3.18. The first kappa shape index (κ1) is 15.5. The second-order valence-electron chi connectivity index (χ2n) is 5.11. The number of amides is 3. The van der Waals surface area contributed by atoms with Gasteiger partial charge in [-0.15, -0.1) is 0 Å². The van der Waals surface area contributed by atoms with E-state index in [4.69, 9.17) is 4.42 Å². The van der Waals surface area contributed by atoms with E-state index < -0.39 is 35.0 Å². The van der Waals surface area contributed by atoms with Gasteiger partial charge < -0.3 is 14.6 Å². The van der Waals surface area contributed by atoms with Crippen LogP contribution in [0.25, 0.3) is 0 Å². The molecule has 0 unspecified atom stereocenters. The van der Waals surface area contributed by atoms with Crippen molar-refractivity contribution in [1.82, 2.24) is 20.5 Å². The maximum absolute atomic E-state index is 12.1. The minimum absolute atomic E-state index is 0.174. The number of hydrogen-bond acceptors (Lipinski definition) is 9. The molecule has 126 valence electrons. The van der Waals surface area contributed by atoms with E-state index in [-0.39, 0.29) is 11.7 Å². The van der Waals surface area contributed by atoms with E-state index >= 15 is 0 Å². The first-order chi connectivity index (χ1) is 11.4. The molecular weight excluding hydrogens is 322 g/mol. The number of furan rings is 1. The molecule has 0 aromatic carbocycles. The third-order valence-corrected chi connectivity index (χ3v) is 3.59. The summed E-state index contributed by atoms with van der Waals surface area (Å²) in [6, 6.07) is 1.45. The number of carbonyl (C=O) groups excluding carboxylic acids is 2. The predicted molar refractivity (Wildman–Crippen MR) is 80.2 cm³/mol. The fraction of sp³-hybridized carbons (Fsp3) is 0.333. The van der Waals surface area contributed by atoms with Crippen LogP contribution in [0.5, 0.6) is 0 Å². The normalized spacial score (nSPS) is 23.3. The van der Waals surface area contributed by atoms with E-state index in [1.807, 2.05) is 0 Å². The van der Waals surface area contributed by atoms with Crippen LogP contribution in [-0.2, 0) is 4.79 Å².